The molecule has 0 bridgehead atoms. The summed E-state index contributed by atoms with van der Waals surface area (Å²) < 4.78 is 0. The first-order valence-electron chi connectivity index (χ1n) is 7.83. The fourth-order valence-electron chi connectivity index (χ4n) is 2.80. The molecule has 4 heteroatoms. The minimum atomic E-state index is 1.35. The van der Waals surface area contributed by atoms with Crippen molar-refractivity contribution in [2.75, 3.05) is 0 Å². The highest BCUT2D eigenvalue weighted by Crippen LogP contribution is 2.45. The zero-order valence-corrected chi connectivity index (χ0v) is 17.4. The lowest BCUT2D eigenvalue weighted by Gasteiger charge is -1.93. The third kappa shape index (κ3) is 2.93. The second kappa shape index (κ2) is 6.26. The minimum Gasteiger partial charge on any atom is -0.143 e. The highest BCUT2D eigenvalue weighted by atomic mass is 32.1. The molecule has 0 atom stereocenters. The molecular weight excluding hydrogens is 368 g/mol. The Hall–Kier alpha value is -1.20. The molecule has 0 aromatic carbocycles. The van der Waals surface area contributed by atoms with Crippen LogP contribution in [0.5, 0.6) is 0 Å². The smallest absolute Gasteiger partial charge is 0.0478 e. The molecule has 4 rings (SSSR count). The largest absolute Gasteiger partial charge is 0.143 e. The van der Waals surface area contributed by atoms with Crippen LogP contribution in [0.4, 0.5) is 0 Å². The van der Waals surface area contributed by atoms with Gasteiger partial charge in [0.15, 0.2) is 0 Å². The molecule has 0 saturated heterocycles. The van der Waals surface area contributed by atoms with Crippen molar-refractivity contribution in [2.24, 2.45) is 0 Å². The van der Waals surface area contributed by atoms with Gasteiger partial charge in [0.05, 0.1) is 0 Å². The average Bonchev–Trinajstić information content (AvgIpc) is 3.27. The maximum atomic E-state index is 2.35. The molecule has 0 nitrogen and oxygen atoms in total. The molecule has 122 valence electrons. The van der Waals surface area contributed by atoms with Gasteiger partial charge in [-0.1, -0.05) is 0 Å². The highest BCUT2D eigenvalue weighted by Gasteiger charge is 2.15. The van der Waals surface area contributed by atoms with Gasteiger partial charge in [0.1, 0.15) is 0 Å². The summed E-state index contributed by atoms with van der Waals surface area (Å²) in [6, 6.07) is 9.30. The molecule has 24 heavy (non-hydrogen) atoms. The zero-order valence-electron chi connectivity index (χ0n) is 14.1. The molecule has 0 spiro atoms. The van der Waals surface area contributed by atoms with E-state index in [-0.39, 0.29) is 0 Å². The fourth-order valence-corrected chi connectivity index (χ4v) is 7.38. The van der Waals surface area contributed by atoms with E-state index >= 15 is 0 Å². The normalized spacial score (nSPS) is 11.3. The van der Waals surface area contributed by atoms with Crippen molar-refractivity contribution in [1.29, 1.82) is 0 Å². The number of rotatable bonds is 3. The predicted octanol–water partition coefficient (Wildman–Crippen LogP) is 8.17. The molecule has 4 heterocycles. The third-order valence-corrected chi connectivity index (χ3v) is 9.11. The van der Waals surface area contributed by atoms with Gasteiger partial charge >= 0.3 is 0 Å². The van der Waals surface area contributed by atoms with Crippen molar-refractivity contribution in [1.82, 2.24) is 0 Å². The van der Waals surface area contributed by atoms with Crippen LogP contribution < -0.4 is 0 Å². The van der Waals surface area contributed by atoms with Crippen LogP contribution in [0.25, 0.3) is 29.3 Å². The maximum Gasteiger partial charge on any atom is 0.0478 e. The standard InChI is InChI=1S/C20H18S4/c1-11-5-17(21-9-11)19-13(3)7-15(23-19)16-8-14(4)20(24-16)18-6-12(2)10-22-18/h5-10H,1-4H3. The van der Waals surface area contributed by atoms with E-state index in [0.717, 1.165) is 0 Å². The molecule has 0 radical (unpaired) electrons. The Morgan fingerprint density at radius 2 is 0.958 bits per heavy atom. The second-order valence-electron chi connectivity index (χ2n) is 6.22. The van der Waals surface area contributed by atoms with Gasteiger partial charge in [0.2, 0.25) is 0 Å². The first-order valence-corrected chi connectivity index (χ1v) is 11.2. The second-order valence-corrected chi connectivity index (χ2v) is 10.1. The monoisotopic (exact) mass is 386 g/mol. The minimum absolute atomic E-state index is 1.35. The summed E-state index contributed by atoms with van der Waals surface area (Å²) >= 11 is 7.55. The summed E-state index contributed by atoms with van der Waals surface area (Å²) in [5.41, 5.74) is 5.48. The molecule has 4 aromatic heterocycles. The van der Waals surface area contributed by atoms with Crippen molar-refractivity contribution in [3.63, 3.8) is 0 Å². The topological polar surface area (TPSA) is 0 Å². The Bertz CT molecular complexity index is 924. The van der Waals surface area contributed by atoms with Gasteiger partial charge in [-0.3, -0.25) is 0 Å². The summed E-state index contributed by atoms with van der Waals surface area (Å²) in [4.78, 5) is 8.40. The van der Waals surface area contributed by atoms with Crippen LogP contribution in [-0.2, 0) is 0 Å². The van der Waals surface area contributed by atoms with Gasteiger partial charge in [-0.15, -0.1) is 45.3 Å². The predicted molar refractivity (Wildman–Crippen MR) is 113 cm³/mol. The molecule has 0 saturated carbocycles. The van der Waals surface area contributed by atoms with E-state index in [1.165, 1.54) is 51.5 Å². The first-order chi connectivity index (χ1) is 11.5. The van der Waals surface area contributed by atoms with Crippen molar-refractivity contribution >= 4 is 45.3 Å². The quantitative estimate of drug-likeness (QED) is 0.333. The summed E-state index contributed by atoms with van der Waals surface area (Å²) in [5.74, 6) is 0. The van der Waals surface area contributed by atoms with Crippen LogP contribution in [0.1, 0.15) is 22.3 Å². The van der Waals surface area contributed by atoms with E-state index in [2.05, 4.69) is 62.7 Å². The number of aryl methyl sites for hydroxylation is 4. The van der Waals surface area contributed by atoms with E-state index < -0.39 is 0 Å². The number of hydrogen-bond acceptors (Lipinski definition) is 4. The zero-order chi connectivity index (χ0) is 16.8. The number of thiophene rings is 4. The van der Waals surface area contributed by atoms with Gasteiger partial charge in [0.25, 0.3) is 0 Å². The average molecular weight is 387 g/mol. The van der Waals surface area contributed by atoms with Crippen LogP contribution in [0.2, 0.25) is 0 Å². The molecule has 4 aromatic rings. The first kappa shape index (κ1) is 16.3. The lowest BCUT2D eigenvalue weighted by atomic mass is 10.2. The molecule has 0 aliphatic carbocycles. The van der Waals surface area contributed by atoms with Crippen molar-refractivity contribution in [3.8, 4) is 29.3 Å². The van der Waals surface area contributed by atoms with Gasteiger partial charge < -0.3 is 0 Å². The summed E-state index contributed by atoms with van der Waals surface area (Å²) in [7, 11) is 0. The molecule has 0 N–H and O–H groups in total. The van der Waals surface area contributed by atoms with Crippen molar-refractivity contribution < 1.29 is 0 Å². The molecular formula is C20H18S4. The lowest BCUT2D eigenvalue weighted by Crippen LogP contribution is -1.67. The molecule has 0 unspecified atom stereocenters. The van der Waals surface area contributed by atoms with Crippen LogP contribution in [0.3, 0.4) is 0 Å². The Labute approximate surface area is 159 Å². The maximum absolute atomic E-state index is 2.35. The Balaban J connectivity index is 1.75. The summed E-state index contributed by atoms with van der Waals surface area (Å²) in [6.45, 7) is 8.80. The van der Waals surface area contributed by atoms with Crippen molar-refractivity contribution in [2.45, 2.75) is 27.7 Å². The molecule has 0 amide bonds. The molecule has 0 fully saturated rings. The molecule has 0 aliphatic rings. The summed E-state index contributed by atoms with van der Waals surface area (Å²) in [5, 5.41) is 4.47. The Kier molecular flexibility index (Phi) is 4.25. The third-order valence-electron chi connectivity index (χ3n) is 3.99. The van der Waals surface area contributed by atoms with E-state index in [1.807, 2.05) is 45.3 Å². The van der Waals surface area contributed by atoms with E-state index in [4.69, 9.17) is 0 Å². The van der Waals surface area contributed by atoms with Gasteiger partial charge in [-0.25, -0.2) is 0 Å². The van der Waals surface area contributed by atoms with Crippen LogP contribution in [0, 0.1) is 27.7 Å². The highest BCUT2D eigenvalue weighted by molar-refractivity contribution is 7.28. The summed E-state index contributed by atoms with van der Waals surface area (Å²) in [6.07, 6.45) is 0. The van der Waals surface area contributed by atoms with E-state index in [9.17, 15) is 0 Å². The number of hydrogen-bond donors (Lipinski definition) is 0. The molecule has 0 aliphatic heterocycles. The van der Waals surface area contributed by atoms with E-state index in [1.54, 1.807) is 0 Å². The van der Waals surface area contributed by atoms with Crippen LogP contribution in [-0.4, -0.2) is 0 Å². The lowest BCUT2D eigenvalue weighted by molar-refractivity contribution is 1.53. The van der Waals surface area contributed by atoms with Gasteiger partial charge in [-0.05, 0) is 85.0 Å². The van der Waals surface area contributed by atoms with Gasteiger partial charge in [-0.2, -0.15) is 0 Å². The van der Waals surface area contributed by atoms with Gasteiger partial charge in [0, 0.05) is 29.3 Å². The SMILES string of the molecule is Cc1csc(-c2sc(-c3cc(C)c(-c4cc(C)cs4)s3)cc2C)c1. The van der Waals surface area contributed by atoms with Crippen LogP contribution >= 0.6 is 45.3 Å². The van der Waals surface area contributed by atoms with Crippen LogP contribution in [0.15, 0.2) is 35.0 Å². The fraction of sp³-hybridized carbons (Fsp3) is 0.200. The van der Waals surface area contributed by atoms with E-state index in [0.29, 0.717) is 0 Å². The van der Waals surface area contributed by atoms with Crippen molar-refractivity contribution in [3.05, 3.63) is 57.3 Å². The Morgan fingerprint density at radius 1 is 0.542 bits per heavy atom. The Morgan fingerprint density at radius 3 is 1.29 bits per heavy atom.